The van der Waals surface area contributed by atoms with Gasteiger partial charge in [-0.1, -0.05) is 36.4 Å². The lowest BCUT2D eigenvalue weighted by molar-refractivity contribution is -0.166. The van der Waals surface area contributed by atoms with E-state index in [2.05, 4.69) is 6.58 Å². The monoisotopic (exact) mass is 331 g/mol. The van der Waals surface area contributed by atoms with Crippen molar-refractivity contribution < 1.29 is 23.9 Å². The molecule has 1 aliphatic rings. The largest absolute Gasteiger partial charge is 0.456 e. The normalized spacial score (nSPS) is 23.0. The summed E-state index contributed by atoms with van der Waals surface area (Å²) in [7, 11) is 0. The summed E-state index contributed by atoms with van der Waals surface area (Å²) in [6.45, 7) is 6.53. The summed E-state index contributed by atoms with van der Waals surface area (Å²) in [6, 6.07) is 9.02. The lowest BCUT2D eigenvalue weighted by Gasteiger charge is -2.26. The van der Waals surface area contributed by atoms with Crippen LogP contribution in [-0.2, 0) is 30.4 Å². The van der Waals surface area contributed by atoms with Crippen LogP contribution in [0.3, 0.4) is 0 Å². The van der Waals surface area contributed by atoms with Gasteiger partial charge in [-0.25, -0.2) is 0 Å². The summed E-state index contributed by atoms with van der Waals surface area (Å²) in [4.78, 5) is 37.1. The summed E-state index contributed by atoms with van der Waals surface area (Å²) in [6.07, 6.45) is 0.109. The molecule has 1 saturated heterocycles. The van der Waals surface area contributed by atoms with E-state index in [4.69, 9.17) is 9.47 Å². The molecule has 6 nitrogen and oxygen atoms in total. The summed E-state index contributed by atoms with van der Waals surface area (Å²) in [5.41, 5.74) is 0.935. The molecule has 2 rings (SSSR count). The first-order valence-electron chi connectivity index (χ1n) is 7.73. The van der Waals surface area contributed by atoms with Gasteiger partial charge in [-0.05, 0) is 12.0 Å². The predicted molar refractivity (Wildman–Crippen MR) is 86.7 cm³/mol. The Morgan fingerprint density at radius 2 is 1.79 bits per heavy atom. The number of ether oxygens (including phenoxy) is 2. The summed E-state index contributed by atoms with van der Waals surface area (Å²) in [5, 5.41) is 0. The Labute approximate surface area is 141 Å². The number of hydrogen-bond acceptors (Lipinski definition) is 5. The van der Waals surface area contributed by atoms with Gasteiger partial charge in [0.05, 0.1) is 6.04 Å². The van der Waals surface area contributed by atoms with Crippen molar-refractivity contribution in [1.29, 1.82) is 0 Å². The highest BCUT2D eigenvalue weighted by Crippen LogP contribution is 2.29. The number of amides is 1. The van der Waals surface area contributed by atoms with Gasteiger partial charge in [0.25, 0.3) is 5.91 Å². The molecule has 0 aliphatic carbocycles. The molecule has 3 atom stereocenters. The van der Waals surface area contributed by atoms with Gasteiger partial charge in [-0.3, -0.25) is 14.4 Å². The van der Waals surface area contributed by atoms with Gasteiger partial charge >= 0.3 is 11.9 Å². The number of nitrogens with zero attached hydrogens (tertiary/aromatic N) is 1. The summed E-state index contributed by atoms with van der Waals surface area (Å²) < 4.78 is 10.4. The van der Waals surface area contributed by atoms with Crippen molar-refractivity contribution >= 4 is 17.8 Å². The molecule has 0 aromatic heterocycles. The molecule has 1 fully saturated rings. The van der Waals surface area contributed by atoms with Crippen LogP contribution < -0.4 is 0 Å². The molecule has 0 spiro atoms. The van der Waals surface area contributed by atoms with Gasteiger partial charge in [0.15, 0.2) is 6.10 Å². The molecule has 1 aromatic carbocycles. The third kappa shape index (κ3) is 4.01. The van der Waals surface area contributed by atoms with E-state index in [1.165, 1.54) is 13.8 Å². The first-order valence-corrected chi connectivity index (χ1v) is 7.73. The van der Waals surface area contributed by atoms with Crippen LogP contribution in [0.15, 0.2) is 43.0 Å². The number of rotatable bonds is 6. The Kier molecular flexibility index (Phi) is 5.73. The second kappa shape index (κ2) is 7.77. The molecule has 1 aromatic rings. The van der Waals surface area contributed by atoms with Crippen molar-refractivity contribution in [2.75, 3.05) is 0 Å². The van der Waals surface area contributed by atoms with E-state index in [9.17, 15) is 14.4 Å². The van der Waals surface area contributed by atoms with E-state index in [1.54, 1.807) is 11.0 Å². The fourth-order valence-electron chi connectivity index (χ4n) is 2.88. The molecule has 24 heavy (non-hydrogen) atoms. The van der Waals surface area contributed by atoms with Crippen LogP contribution in [-0.4, -0.2) is 41.0 Å². The van der Waals surface area contributed by atoms with Gasteiger partial charge in [0.1, 0.15) is 0 Å². The van der Waals surface area contributed by atoms with Gasteiger partial charge in [-0.2, -0.15) is 0 Å². The van der Waals surface area contributed by atoms with Crippen molar-refractivity contribution in [3.63, 3.8) is 0 Å². The zero-order valence-corrected chi connectivity index (χ0v) is 13.8. The lowest BCUT2D eigenvalue weighted by Crippen LogP contribution is -2.39. The Hall–Kier alpha value is -2.63. The molecule has 1 unspecified atom stereocenters. The number of hydrogen-bond donors (Lipinski definition) is 0. The van der Waals surface area contributed by atoms with Crippen LogP contribution in [0.4, 0.5) is 0 Å². The molecule has 0 radical (unpaired) electrons. The van der Waals surface area contributed by atoms with E-state index in [0.29, 0.717) is 13.0 Å². The highest BCUT2D eigenvalue weighted by atomic mass is 16.6. The second-order valence-electron chi connectivity index (χ2n) is 5.65. The number of carbonyl (C=O) groups excluding carboxylic acids is 3. The van der Waals surface area contributed by atoms with Crippen molar-refractivity contribution in [3.05, 3.63) is 48.6 Å². The quantitative estimate of drug-likeness (QED) is 0.587. The number of benzene rings is 1. The van der Waals surface area contributed by atoms with Crippen LogP contribution in [0.2, 0.25) is 0 Å². The molecule has 0 saturated carbocycles. The van der Waals surface area contributed by atoms with E-state index in [-0.39, 0.29) is 5.91 Å². The molecule has 1 amide bonds. The maximum atomic E-state index is 12.7. The average molecular weight is 331 g/mol. The zero-order valence-electron chi connectivity index (χ0n) is 13.8. The minimum atomic E-state index is -1.12. The minimum absolute atomic E-state index is 0.341. The first kappa shape index (κ1) is 17.7. The Bertz CT molecular complexity index is 628. The Morgan fingerprint density at radius 3 is 2.33 bits per heavy atom. The fraction of sp³-hybridized carbons (Fsp3) is 0.389. The van der Waals surface area contributed by atoms with Crippen molar-refractivity contribution in [3.8, 4) is 0 Å². The SMILES string of the molecule is C=CCC1[C@H](OC(C)=O)[C@@H](OC(C)=O)C(=O)N1Cc1ccccc1. The maximum absolute atomic E-state index is 12.7. The van der Waals surface area contributed by atoms with E-state index < -0.39 is 30.2 Å². The maximum Gasteiger partial charge on any atom is 0.303 e. The Balaban J connectivity index is 2.32. The number of esters is 2. The van der Waals surface area contributed by atoms with Crippen molar-refractivity contribution in [1.82, 2.24) is 4.90 Å². The highest BCUT2D eigenvalue weighted by molar-refractivity contribution is 5.87. The molecular formula is C18H21NO5. The minimum Gasteiger partial charge on any atom is -0.456 e. The summed E-state index contributed by atoms with van der Waals surface area (Å²) >= 11 is 0. The molecule has 1 aliphatic heterocycles. The lowest BCUT2D eigenvalue weighted by atomic mass is 10.1. The molecular weight excluding hydrogens is 310 g/mol. The van der Waals surface area contributed by atoms with Gasteiger partial charge in [0, 0.05) is 20.4 Å². The third-order valence-electron chi connectivity index (χ3n) is 3.80. The fourth-order valence-corrected chi connectivity index (χ4v) is 2.88. The third-order valence-corrected chi connectivity index (χ3v) is 3.80. The van der Waals surface area contributed by atoms with Gasteiger partial charge < -0.3 is 14.4 Å². The number of carbonyl (C=O) groups is 3. The van der Waals surface area contributed by atoms with Gasteiger partial charge in [-0.15, -0.1) is 6.58 Å². The molecule has 128 valence electrons. The van der Waals surface area contributed by atoms with Crippen LogP contribution in [0.25, 0.3) is 0 Å². The predicted octanol–water partition coefficient (Wildman–Crippen LogP) is 1.84. The zero-order chi connectivity index (χ0) is 17.7. The standard InChI is InChI=1S/C18H21NO5/c1-4-8-15-16(23-12(2)20)17(24-13(3)21)18(22)19(15)11-14-9-6-5-7-10-14/h4-7,9-10,15-17H,1,8,11H2,2-3H3/t15?,16-,17+/m0/s1. The van der Waals surface area contributed by atoms with E-state index >= 15 is 0 Å². The molecule has 6 heteroatoms. The average Bonchev–Trinajstić information content (AvgIpc) is 2.74. The molecule has 1 heterocycles. The summed E-state index contributed by atoms with van der Waals surface area (Å²) in [5.74, 6) is -1.49. The smallest absolute Gasteiger partial charge is 0.303 e. The van der Waals surface area contributed by atoms with Crippen LogP contribution in [0.5, 0.6) is 0 Å². The van der Waals surface area contributed by atoms with Crippen LogP contribution >= 0.6 is 0 Å². The molecule has 0 bridgehead atoms. The topological polar surface area (TPSA) is 72.9 Å². The van der Waals surface area contributed by atoms with E-state index in [1.807, 2.05) is 30.3 Å². The Morgan fingerprint density at radius 1 is 1.17 bits per heavy atom. The van der Waals surface area contributed by atoms with Crippen molar-refractivity contribution in [2.45, 2.75) is 45.1 Å². The van der Waals surface area contributed by atoms with Crippen LogP contribution in [0, 0.1) is 0 Å². The van der Waals surface area contributed by atoms with Crippen LogP contribution in [0.1, 0.15) is 25.8 Å². The highest BCUT2D eigenvalue weighted by Gasteiger charge is 2.51. The first-order chi connectivity index (χ1) is 11.4. The number of likely N-dealkylation sites (tertiary alicyclic amines) is 1. The van der Waals surface area contributed by atoms with E-state index in [0.717, 1.165) is 5.56 Å². The van der Waals surface area contributed by atoms with Gasteiger partial charge in [0.2, 0.25) is 6.10 Å². The molecule has 0 N–H and O–H groups in total. The van der Waals surface area contributed by atoms with Crippen molar-refractivity contribution in [2.24, 2.45) is 0 Å². The second-order valence-corrected chi connectivity index (χ2v) is 5.65.